The standard InChI is InChI=1S/C24H23NO3S/c26-23(17-7-2-1-3-8-17)25-21-12-13-29-15-20(22(21)24(27)28)19-11-10-16-6-4-5-9-18(16)14-19/h1-9,15,19H,10-14H2,(H,25,26)(H,27,28). The number of rotatable bonds is 4. The minimum atomic E-state index is -0.971. The molecule has 0 saturated carbocycles. The first kappa shape index (κ1) is 19.5. The number of carboxylic acids is 1. The van der Waals surface area contributed by atoms with E-state index < -0.39 is 5.97 Å². The van der Waals surface area contributed by atoms with Crippen molar-refractivity contribution in [3.63, 3.8) is 0 Å². The Morgan fingerprint density at radius 2 is 1.69 bits per heavy atom. The van der Waals surface area contributed by atoms with Crippen LogP contribution < -0.4 is 5.32 Å². The smallest absolute Gasteiger partial charge is 0.337 e. The van der Waals surface area contributed by atoms with Gasteiger partial charge < -0.3 is 10.4 Å². The topological polar surface area (TPSA) is 66.4 Å². The monoisotopic (exact) mass is 405 g/mol. The Morgan fingerprint density at radius 3 is 2.45 bits per heavy atom. The van der Waals surface area contributed by atoms with Crippen LogP contribution in [0.3, 0.4) is 0 Å². The van der Waals surface area contributed by atoms with E-state index in [1.54, 1.807) is 36.0 Å². The van der Waals surface area contributed by atoms with Crippen LogP contribution in [0.4, 0.5) is 0 Å². The summed E-state index contributed by atoms with van der Waals surface area (Å²) in [6, 6.07) is 17.3. The van der Waals surface area contributed by atoms with Gasteiger partial charge in [0, 0.05) is 17.0 Å². The predicted octanol–water partition coefficient (Wildman–Crippen LogP) is 4.58. The fraction of sp³-hybridized carbons (Fsp3) is 0.250. The minimum Gasteiger partial charge on any atom is -0.478 e. The maximum absolute atomic E-state index is 12.7. The van der Waals surface area contributed by atoms with Crippen LogP contribution in [0, 0.1) is 5.92 Å². The van der Waals surface area contributed by atoms with Gasteiger partial charge in [-0.25, -0.2) is 4.79 Å². The van der Waals surface area contributed by atoms with Gasteiger partial charge in [-0.15, -0.1) is 11.8 Å². The molecule has 148 valence electrons. The van der Waals surface area contributed by atoms with Crippen molar-refractivity contribution in [2.75, 3.05) is 5.75 Å². The maximum Gasteiger partial charge on any atom is 0.337 e. The molecule has 5 heteroatoms. The summed E-state index contributed by atoms with van der Waals surface area (Å²) in [5, 5.41) is 15.0. The lowest BCUT2D eigenvalue weighted by molar-refractivity contribution is -0.132. The molecule has 2 aromatic carbocycles. The molecular formula is C24H23NO3S. The Balaban J connectivity index is 1.66. The summed E-state index contributed by atoms with van der Waals surface area (Å²) in [5.41, 5.74) is 4.80. The third-order valence-electron chi connectivity index (χ3n) is 5.57. The van der Waals surface area contributed by atoms with Gasteiger partial charge >= 0.3 is 5.97 Å². The first-order valence-electron chi connectivity index (χ1n) is 9.85. The number of hydrogen-bond acceptors (Lipinski definition) is 3. The first-order chi connectivity index (χ1) is 14.1. The van der Waals surface area contributed by atoms with Crippen LogP contribution >= 0.6 is 11.8 Å². The van der Waals surface area contributed by atoms with Gasteiger partial charge in [0.25, 0.3) is 5.91 Å². The average Bonchev–Trinajstić information content (AvgIpc) is 2.96. The van der Waals surface area contributed by atoms with Gasteiger partial charge in [0.15, 0.2) is 0 Å². The zero-order valence-corrected chi connectivity index (χ0v) is 16.9. The molecular weight excluding hydrogens is 382 g/mol. The van der Waals surface area contributed by atoms with Gasteiger partial charge in [-0.2, -0.15) is 0 Å². The third kappa shape index (κ3) is 4.30. The Kier molecular flexibility index (Phi) is 5.86. The molecule has 4 nitrogen and oxygen atoms in total. The molecule has 0 aromatic heterocycles. The molecule has 1 aliphatic carbocycles. The van der Waals surface area contributed by atoms with Crippen molar-refractivity contribution >= 4 is 23.6 Å². The van der Waals surface area contributed by atoms with E-state index in [0.29, 0.717) is 17.7 Å². The van der Waals surface area contributed by atoms with Crippen molar-refractivity contribution < 1.29 is 14.7 Å². The summed E-state index contributed by atoms with van der Waals surface area (Å²) in [6.07, 6.45) is 3.22. The first-order valence-corrected chi connectivity index (χ1v) is 10.9. The highest BCUT2D eigenvalue weighted by Gasteiger charge is 2.30. The molecule has 0 radical (unpaired) electrons. The lowest BCUT2D eigenvalue weighted by Gasteiger charge is -2.27. The van der Waals surface area contributed by atoms with E-state index in [1.165, 1.54) is 11.1 Å². The SMILES string of the molecule is O=C(O)C1=C(NC(=O)c2ccccc2)CCSC=C1C1CCc2ccccc2C1. The van der Waals surface area contributed by atoms with E-state index in [2.05, 4.69) is 23.5 Å². The number of aryl methyl sites for hydroxylation is 1. The predicted molar refractivity (Wildman–Crippen MR) is 116 cm³/mol. The van der Waals surface area contributed by atoms with E-state index in [-0.39, 0.29) is 17.4 Å². The highest BCUT2D eigenvalue weighted by Crippen LogP contribution is 2.37. The number of allylic oxidation sites excluding steroid dienone is 1. The molecule has 4 rings (SSSR count). The zero-order valence-electron chi connectivity index (χ0n) is 16.1. The molecule has 1 atom stereocenters. The summed E-state index contributed by atoms with van der Waals surface area (Å²) in [7, 11) is 0. The molecule has 1 unspecified atom stereocenters. The van der Waals surface area contributed by atoms with Gasteiger partial charge in [-0.05, 0) is 65.8 Å². The molecule has 1 heterocycles. The lowest BCUT2D eigenvalue weighted by atomic mass is 9.78. The second-order valence-electron chi connectivity index (χ2n) is 7.38. The van der Waals surface area contributed by atoms with Crippen molar-refractivity contribution in [2.45, 2.75) is 25.7 Å². The number of benzene rings is 2. The van der Waals surface area contributed by atoms with Gasteiger partial charge in [0.05, 0.1) is 5.57 Å². The van der Waals surface area contributed by atoms with Crippen LogP contribution in [0.25, 0.3) is 0 Å². The Labute approximate surface area is 174 Å². The maximum atomic E-state index is 12.7. The molecule has 1 aliphatic heterocycles. The van der Waals surface area contributed by atoms with E-state index in [4.69, 9.17) is 0 Å². The molecule has 0 bridgehead atoms. The van der Waals surface area contributed by atoms with Gasteiger partial charge in [0.2, 0.25) is 0 Å². The normalized spacial score (nSPS) is 19.0. The lowest BCUT2D eigenvalue weighted by Crippen LogP contribution is -2.28. The number of carboxylic acid groups (broad SMARTS) is 1. The fourth-order valence-electron chi connectivity index (χ4n) is 4.11. The second kappa shape index (κ2) is 8.70. The van der Waals surface area contributed by atoms with Gasteiger partial charge in [-0.1, -0.05) is 42.5 Å². The van der Waals surface area contributed by atoms with Crippen LogP contribution in [0.15, 0.2) is 76.8 Å². The Hall–Kier alpha value is -2.79. The van der Waals surface area contributed by atoms with Crippen LogP contribution in [-0.2, 0) is 17.6 Å². The van der Waals surface area contributed by atoms with Crippen molar-refractivity contribution in [1.29, 1.82) is 0 Å². The molecule has 2 aliphatic rings. The Bertz CT molecular complexity index is 994. The van der Waals surface area contributed by atoms with Crippen molar-refractivity contribution in [1.82, 2.24) is 5.32 Å². The highest BCUT2D eigenvalue weighted by atomic mass is 32.2. The second-order valence-corrected chi connectivity index (χ2v) is 8.36. The largest absolute Gasteiger partial charge is 0.478 e. The number of amides is 1. The molecule has 0 fully saturated rings. The molecule has 2 aromatic rings. The number of thioether (sulfide) groups is 1. The molecule has 1 amide bonds. The summed E-state index contributed by atoms with van der Waals surface area (Å²) in [6.45, 7) is 0. The van der Waals surface area contributed by atoms with Crippen molar-refractivity contribution in [2.24, 2.45) is 5.92 Å². The number of carbonyl (C=O) groups excluding carboxylic acids is 1. The number of aliphatic carboxylic acids is 1. The quantitative estimate of drug-likeness (QED) is 0.781. The number of carbonyl (C=O) groups is 2. The number of nitrogens with one attached hydrogen (secondary N) is 1. The van der Waals surface area contributed by atoms with E-state index in [0.717, 1.165) is 30.6 Å². The van der Waals surface area contributed by atoms with Crippen LogP contribution in [-0.4, -0.2) is 22.7 Å². The zero-order chi connectivity index (χ0) is 20.2. The van der Waals surface area contributed by atoms with Gasteiger partial charge in [-0.3, -0.25) is 4.79 Å². The van der Waals surface area contributed by atoms with Gasteiger partial charge in [0.1, 0.15) is 0 Å². The highest BCUT2D eigenvalue weighted by molar-refractivity contribution is 8.02. The van der Waals surface area contributed by atoms with Crippen LogP contribution in [0.1, 0.15) is 34.3 Å². The third-order valence-corrected chi connectivity index (χ3v) is 6.43. The van der Waals surface area contributed by atoms with Crippen molar-refractivity contribution in [3.8, 4) is 0 Å². The molecule has 29 heavy (non-hydrogen) atoms. The summed E-state index contributed by atoms with van der Waals surface area (Å²) < 4.78 is 0. The summed E-state index contributed by atoms with van der Waals surface area (Å²) >= 11 is 1.63. The molecule has 0 saturated heterocycles. The molecule has 2 N–H and O–H groups in total. The number of fused-ring (bicyclic) bond motifs is 1. The fourth-order valence-corrected chi connectivity index (χ4v) is 5.04. The summed E-state index contributed by atoms with van der Waals surface area (Å²) in [5.74, 6) is -0.348. The minimum absolute atomic E-state index is 0.144. The number of hydrogen-bond donors (Lipinski definition) is 2. The van der Waals surface area contributed by atoms with Crippen molar-refractivity contribution in [3.05, 3.63) is 93.5 Å². The molecule has 0 spiro atoms. The van der Waals surface area contributed by atoms with E-state index >= 15 is 0 Å². The average molecular weight is 406 g/mol. The van der Waals surface area contributed by atoms with E-state index in [9.17, 15) is 14.7 Å². The van der Waals surface area contributed by atoms with Crippen LogP contribution in [0.2, 0.25) is 0 Å². The Morgan fingerprint density at radius 1 is 0.966 bits per heavy atom. The van der Waals surface area contributed by atoms with Crippen LogP contribution in [0.5, 0.6) is 0 Å². The van der Waals surface area contributed by atoms with E-state index in [1.807, 2.05) is 17.5 Å². The summed E-state index contributed by atoms with van der Waals surface area (Å²) in [4.78, 5) is 25.0.